The predicted molar refractivity (Wildman–Crippen MR) is 73.2 cm³/mol. The number of hydrogen-bond donors (Lipinski definition) is 0. The topological polar surface area (TPSA) is 65.7 Å². The zero-order valence-corrected chi connectivity index (χ0v) is 11.3. The van der Waals surface area contributed by atoms with Crippen molar-refractivity contribution in [3.63, 3.8) is 0 Å². The molecule has 0 amide bonds. The second kappa shape index (κ2) is 5.26. The Morgan fingerprint density at radius 2 is 1.95 bits per heavy atom. The lowest BCUT2D eigenvalue weighted by atomic mass is 10.2. The van der Waals surface area contributed by atoms with Crippen LogP contribution in [0, 0.1) is 6.92 Å². The summed E-state index contributed by atoms with van der Waals surface area (Å²) in [5.41, 5.74) is 0.977. The number of aromatic nitrogens is 5. The molecule has 6 nitrogen and oxygen atoms in total. The summed E-state index contributed by atoms with van der Waals surface area (Å²) in [6.07, 6.45) is 3.34. The van der Waals surface area contributed by atoms with Gasteiger partial charge in [-0.05, 0) is 36.2 Å². The smallest absolute Gasteiger partial charge is 0.328 e. The van der Waals surface area contributed by atoms with Crippen molar-refractivity contribution in [1.82, 2.24) is 24.7 Å². The molecule has 0 N–H and O–H groups in total. The molecule has 2 aromatic heterocycles. The highest BCUT2D eigenvalue weighted by molar-refractivity contribution is 6.28. The Balaban J connectivity index is 1.97. The predicted octanol–water partition coefficient (Wildman–Crippen LogP) is 2.81. The monoisotopic (exact) mass is 287 g/mol. The van der Waals surface area contributed by atoms with Gasteiger partial charge in [0.25, 0.3) is 5.95 Å². The van der Waals surface area contributed by atoms with Gasteiger partial charge < -0.3 is 4.74 Å². The highest BCUT2D eigenvalue weighted by Gasteiger charge is 2.10. The summed E-state index contributed by atoms with van der Waals surface area (Å²) in [7, 11) is 0. The Morgan fingerprint density at radius 3 is 2.70 bits per heavy atom. The Morgan fingerprint density at radius 1 is 1.10 bits per heavy atom. The highest BCUT2D eigenvalue weighted by Crippen LogP contribution is 2.22. The van der Waals surface area contributed by atoms with Crippen molar-refractivity contribution in [2.24, 2.45) is 0 Å². The summed E-state index contributed by atoms with van der Waals surface area (Å²) >= 11 is 5.89. The Bertz CT molecular complexity index is 729. The van der Waals surface area contributed by atoms with Crippen molar-refractivity contribution >= 4 is 11.6 Å². The first-order chi connectivity index (χ1) is 9.72. The van der Waals surface area contributed by atoms with E-state index in [4.69, 9.17) is 16.3 Å². The molecular formula is C13H10ClN5O. The molecule has 0 unspecified atom stereocenters. The minimum atomic E-state index is 0.0501. The molecule has 0 saturated carbocycles. The molecule has 0 radical (unpaired) electrons. The first-order valence-corrected chi connectivity index (χ1v) is 6.25. The van der Waals surface area contributed by atoms with E-state index in [1.54, 1.807) is 18.5 Å². The van der Waals surface area contributed by atoms with E-state index in [1.165, 1.54) is 4.68 Å². The van der Waals surface area contributed by atoms with Crippen LogP contribution in [0.25, 0.3) is 5.95 Å². The van der Waals surface area contributed by atoms with E-state index in [0.717, 1.165) is 5.56 Å². The molecule has 0 saturated heterocycles. The van der Waals surface area contributed by atoms with Gasteiger partial charge in [-0.25, -0.2) is 4.68 Å². The first-order valence-electron chi connectivity index (χ1n) is 5.87. The molecule has 3 aromatic rings. The second-order valence-electron chi connectivity index (χ2n) is 4.01. The van der Waals surface area contributed by atoms with Crippen molar-refractivity contribution < 1.29 is 4.74 Å². The molecule has 0 bridgehead atoms. The highest BCUT2D eigenvalue weighted by atomic mass is 35.5. The van der Waals surface area contributed by atoms with Gasteiger partial charge in [-0.1, -0.05) is 18.2 Å². The van der Waals surface area contributed by atoms with Gasteiger partial charge in [0.15, 0.2) is 0 Å². The molecule has 2 heterocycles. The van der Waals surface area contributed by atoms with E-state index < -0.39 is 0 Å². The summed E-state index contributed by atoms with van der Waals surface area (Å²) < 4.78 is 7.13. The lowest BCUT2D eigenvalue weighted by Crippen LogP contribution is -2.05. The van der Waals surface area contributed by atoms with Crippen molar-refractivity contribution in [2.75, 3.05) is 0 Å². The zero-order chi connectivity index (χ0) is 13.9. The van der Waals surface area contributed by atoms with Crippen LogP contribution in [0.1, 0.15) is 5.56 Å². The molecule has 20 heavy (non-hydrogen) atoms. The van der Waals surface area contributed by atoms with Gasteiger partial charge in [0, 0.05) is 12.4 Å². The number of ether oxygens (including phenoxy) is 1. The minimum Gasteiger partial charge on any atom is -0.424 e. The number of halogens is 1. The van der Waals surface area contributed by atoms with Gasteiger partial charge in [0.2, 0.25) is 5.28 Å². The van der Waals surface area contributed by atoms with E-state index >= 15 is 0 Å². The maximum absolute atomic E-state index is 5.89. The summed E-state index contributed by atoms with van der Waals surface area (Å²) in [5.74, 6) is 0.972. The maximum Gasteiger partial charge on any atom is 0.328 e. The summed E-state index contributed by atoms with van der Waals surface area (Å²) in [5, 5.41) is 4.09. The molecule has 0 aliphatic heterocycles. The minimum absolute atomic E-state index is 0.0501. The second-order valence-corrected chi connectivity index (χ2v) is 4.34. The van der Waals surface area contributed by atoms with Gasteiger partial charge in [-0.15, -0.1) is 0 Å². The lowest BCUT2D eigenvalue weighted by molar-refractivity contribution is 0.434. The number of rotatable bonds is 3. The number of hydrogen-bond acceptors (Lipinski definition) is 5. The summed E-state index contributed by atoms with van der Waals surface area (Å²) in [4.78, 5) is 12.1. The van der Waals surface area contributed by atoms with Crippen LogP contribution < -0.4 is 4.74 Å². The lowest BCUT2D eigenvalue weighted by Gasteiger charge is -2.07. The van der Waals surface area contributed by atoms with Crippen LogP contribution in [0.3, 0.4) is 0 Å². The normalized spacial score (nSPS) is 10.5. The van der Waals surface area contributed by atoms with E-state index in [1.807, 2.05) is 31.2 Å². The summed E-state index contributed by atoms with van der Waals surface area (Å²) in [6.45, 7) is 1.94. The average Bonchev–Trinajstić information content (AvgIpc) is 2.95. The fourth-order valence-corrected chi connectivity index (χ4v) is 1.77. The molecule has 0 fully saturated rings. The van der Waals surface area contributed by atoms with Crippen LogP contribution in [-0.4, -0.2) is 24.7 Å². The van der Waals surface area contributed by atoms with Crippen LogP contribution in [0.15, 0.2) is 42.7 Å². The number of aryl methyl sites for hydroxylation is 1. The van der Waals surface area contributed by atoms with Gasteiger partial charge in [0.05, 0.1) is 0 Å². The SMILES string of the molecule is Cc1ccccc1Oc1nc(Cl)nc(-n2cccn2)n1. The molecule has 1 aromatic carbocycles. The number of para-hydroxylation sites is 1. The standard InChI is InChI=1S/C13H10ClN5O/c1-9-5-2-3-6-10(9)20-13-17-11(14)16-12(18-13)19-8-4-7-15-19/h2-8H,1H3. The van der Waals surface area contributed by atoms with Crippen LogP contribution in [0.5, 0.6) is 11.8 Å². The largest absolute Gasteiger partial charge is 0.424 e. The fourth-order valence-electron chi connectivity index (χ4n) is 1.63. The first kappa shape index (κ1) is 12.6. The zero-order valence-electron chi connectivity index (χ0n) is 10.6. The van der Waals surface area contributed by atoms with E-state index in [0.29, 0.717) is 11.7 Å². The molecule has 0 spiro atoms. The maximum atomic E-state index is 5.89. The van der Waals surface area contributed by atoms with Gasteiger partial charge >= 0.3 is 6.01 Å². The van der Waals surface area contributed by atoms with Gasteiger partial charge in [-0.3, -0.25) is 0 Å². The van der Waals surface area contributed by atoms with E-state index in [-0.39, 0.29) is 11.3 Å². The van der Waals surface area contributed by atoms with Crippen LogP contribution in [0.2, 0.25) is 5.28 Å². The third-order valence-corrected chi connectivity index (χ3v) is 2.75. The van der Waals surface area contributed by atoms with Crippen molar-refractivity contribution in [1.29, 1.82) is 0 Å². The Kier molecular flexibility index (Phi) is 3.30. The van der Waals surface area contributed by atoms with Crippen molar-refractivity contribution in [2.45, 2.75) is 6.92 Å². The Hall–Kier alpha value is -2.47. The van der Waals surface area contributed by atoms with Crippen molar-refractivity contribution in [3.05, 3.63) is 53.6 Å². The third kappa shape index (κ3) is 2.60. The quantitative estimate of drug-likeness (QED) is 0.741. The summed E-state index contributed by atoms with van der Waals surface area (Å²) in [6, 6.07) is 9.47. The molecule has 0 aliphatic carbocycles. The van der Waals surface area contributed by atoms with Gasteiger partial charge in [0.1, 0.15) is 5.75 Å². The third-order valence-electron chi connectivity index (χ3n) is 2.58. The van der Waals surface area contributed by atoms with Gasteiger partial charge in [-0.2, -0.15) is 20.1 Å². The molecule has 0 atom stereocenters. The van der Waals surface area contributed by atoms with Crippen LogP contribution >= 0.6 is 11.6 Å². The average molecular weight is 288 g/mol. The van der Waals surface area contributed by atoms with E-state index in [2.05, 4.69) is 20.1 Å². The number of benzene rings is 1. The molecule has 3 rings (SSSR count). The molecule has 100 valence electrons. The van der Waals surface area contributed by atoms with Crippen molar-refractivity contribution in [3.8, 4) is 17.7 Å². The number of nitrogens with zero attached hydrogens (tertiary/aromatic N) is 5. The molecule has 7 heteroatoms. The van der Waals surface area contributed by atoms with E-state index in [9.17, 15) is 0 Å². The molecule has 0 aliphatic rings. The fraction of sp³-hybridized carbons (Fsp3) is 0.0769. The Labute approximate surface area is 120 Å². The molecular weight excluding hydrogens is 278 g/mol. The van der Waals surface area contributed by atoms with Crippen LogP contribution in [0.4, 0.5) is 0 Å². The van der Waals surface area contributed by atoms with Crippen LogP contribution in [-0.2, 0) is 0 Å².